The maximum atomic E-state index is 12.4. The van der Waals surface area contributed by atoms with Crippen molar-refractivity contribution in [3.63, 3.8) is 0 Å². The Morgan fingerprint density at radius 3 is 2.43 bits per heavy atom. The Morgan fingerprint density at radius 2 is 1.67 bits per heavy atom. The van der Waals surface area contributed by atoms with Crippen molar-refractivity contribution >= 4 is 65.9 Å². The highest BCUT2D eigenvalue weighted by atomic mass is 79.9. The van der Waals surface area contributed by atoms with Gasteiger partial charge in [-0.25, -0.2) is 9.78 Å². The topological polar surface area (TPSA) is 83.1 Å². The first-order valence-electron chi connectivity index (χ1n) is 9.09. The summed E-state index contributed by atoms with van der Waals surface area (Å²) < 4.78 is 1.75. The lowest BCUT2D eigenvalue weighted by Crippen LogP contribution is -2.19. The maximum absolute atomic E-state index is 12.4. The number of halogens is 1. The standard InChI is InChI=1S/C22H17BrN4O2S/c1-13-10-17(25-21(29)24-16-9-5-8-15(23)11-16)12-18-19(13)26-22(30-18)27-20(28)14-6-3-2-4-7-14/h2-12H,1H3,(H2,24,25,29)(H,26,27,28). The van der Waals surface area contributed by atoms with Crippen LogP contribution in [-0.2, 0) is 0 Å². The number of amides is 3. The van der Waals surface area contributed by atoms with Crippen LogP contribution < -0.4 is 16.0 Å². The number of benzene rings is 3. The molecule has 3 amide bonds. The summed E-state index contributed by atoms with van der Waals surface area (Å²) in [4.78, 5) is 29.2. The molecule has 0 bridgehead atoms. The second-order valence-electron chi connectivity index (χ2n) is 6.57. The van der Waals surface area contributed by atoms with Gasteiger partial charge in [0, 0.05) is 21.4 Å². The molecule has 0 unspecified atom stereocenters. The lowest BCUT2D eigenvalue weighted by Gasteiger charge is -2.09. The van der Waals surface area contributed by atoms with Gasteiger partial charge in [-0.3, -0.25) is 10.1 Å². The van der Waals surface area contributed by atoms with Crippen LogP contribution >= 0.6 is 27.3 Å². The van der Waals surface area contributed by atoms with Gasteiger partial charge in [-0.05, 0) is 55.0 Å². The van der Waals surface area contributed by atoms with Crippen LogP contribution in [0.4, 0.5) is 21.3 Å². The molecule has 4 rings (SSSR count). The van der Waals surface area contributed by atoms with Gasteiger partial charge in [0.05, 0.1) is 10.2 Å². The fourth-order valence-electron chi connectivity index (χ4n) is 2.94. The van der Waals surface area contributed by atoms with Crippen molar-refractivity contribution in [2.24, 2.45) is 0 Å². The van der Waals surface area contributed by atoms with Crippen LogP contribution in [0.3, 0.4) is 0 Å². The molecule has 0 fully saturated rings. The van der Waals surface area contributed by atoms with Crippen molar-refractivity contribution < 1.29 is 9.59 Å². The van der Waals surface area contributed by atoms with Crippen molar-refractivity contribution in [2.75, 3.05) is 16.0 Å². The van der Waals surface area contributed by atoms with Gasteiger partial charge in [0.15, 0.2) is 5.13 Å². The average molecular weight is 481 g/mol. The van der Waals surface area contributed by atoms with Crippen molar-refractivity contribution in [3.05, 3.63) is 82.3 Å². The summed E-state index contributed by atoms with van der Waals surface area (Å²) in [5.74, 6) is -0.209. The quantitative estimate of drug-likeness (QED) is 0.322. The van der Waals surface area contributed by atoms with Crippen molar-refractivity contribution in [1.82, 2.24) is 4.98 Å². The summed E-state index contributed by atoms with van der Waals surface area (Å²) in [7, 11) is 0. The Bertz CT molecular complexity index is 1240. The fourth-order valence-corrected chi connectivity index (χ4v) is 4.32. The molecule has 150 valence electrons. The molecule has 0 spiro atoms. The molecule has 8 heteroatoms. The minimum atomic E-state index is -0.339. The van der Waals surface area contributed by atoms with Crippen LogP contribution in [0.5, 0.6) is 0 Å². The van der Waals surface area contributed by atoms with Crippen LogP contribution in [0.2, 0.25) is 0 Å². The average Bonchev–Trinajstić information content (AvgIpc) is 3.11. The molecule has 1 heterocycles. The summed E-state index contributed by atoms with van der Waals surface area (Å²) in [6.45, 7) is 1.92. The predicted molar refractivity (Wildman–Crippen MR) is 126 cm³/mol. The Morgan fingerprint density at radius 1 is 0.900 bits per heavy atom. The number of hydrogen-bond acceptors (Lipinski definition) is 4. The number of urea groups is 1. The van der Waals surface area contributed by atoms with Crippen molar-refractivity contribution in [1.29, 1.82) is 0 Å². The number of nitrogens with zero attached hydrogens (tertiary/aromatic N) is 1. The molecule has 4 aromatic rings. The van der Waals surface area contributed by atoms with Crippen LogP contribution in [0, 0.1) is 6.92 Å². The molecular formula is C22H17BrN4O2S. The van der Waals surface area contributed by atoms with Crippen LogP contribution in [0.25, 0.3) is 10.2 Å². The largest absolute Gasteiger partial charge is 0.323 e. The van der Waals surface area contributed by atoms with E-state index in [0.29, 0.717) is 22.1 Å². The van der Waals surface area contributed by atoms with Crippen LogP contribution in [-0.4, -0.2) is 16.9 Å². The second-order valence-corrected chi connectivity index (χ2v) is 8.51. The number of aromatic nitrogens is 1. The molecule has 0 aliphatic carbocycles. The highest BCUT2D eigenvalue weighted by Gasteiger charge is 2.13. The number of aryl methyl sites for hydroxylation is 1. The molecule has 3 aromatic carbocycles. The molecule has 0 radical (unpaired) electrons. The lowest BCUT2D eigenvalue weighted by atomic mass is 10.2. The van der Waals surface area contributed by atoms with Gasteiger partial charge in [-0.15, -0.1) is 0 Å². The first-order chi connectivity index (χ1) is 14.5. The molecule has 0 saturated heterocycles. The minimum Gasteiger partial charge on any atom is -0.308 e. The Labute approximate surface area is 185 Å². The monoisotopic (exact) mass is 480 g/mol. The molecule has 3 N–H and O–H groups in total. The zero-order valence-electron chi connectivity index (χ0n) is 15.9. The molecule has 30 heavy (non-hydrogen) atoms. The molecule has 0 saturated carbocycles. The summed E-state index contributed by atoms with van der Waals surface area (Å²) in [6, 6.07) is 19.7. The molecule has 0 aliphatic heterocycles. The SMILES string of the molecule is Cc1cc(NC(=O)Nc2cccc(Br)c2)cc2sc(NC(=O)c3ccccc3)nc12. The summed E-state index contributed by atoms with van der Waals surface area (Å²) in [6.07, 6.45) is 0. The first-order valence-corrected chi connectivity index (χ1v) is 10.7. The summed E-state index contributed by atoms with van der Waals surface area (Å²) >= 11 is 4.74. The Balaban J connectivity index is 1.50. The van der Waals surface area contributed by atoms with Gasteiger partial charge in [0.25, 0.3) is 5.91 Å². The Hall–Kier alpha value is -3.23. The first kappa shape index (κ1) is 20.1. The van der Waals surface area contributed by atoms with Crippen LogP contribution in [0.1, 0.15) is 15.9 Å². The normalized spacial score (nSPS) is 10.6. The highest BCUT2D eigenvalue weighted by Crippen LogP contribution is 2.31. The Kier molecular flexibility index (Phi) is 5.78. The van der Waals surface area contributed by atoms with Gasteiger partial charge in [0.1, 0.15) is 0 Å². The van der Waals surface area contributed by atoms with E-state index < -0.39 is 0 Å². The zero-order chi connectivity index (χ0) is 21.1. The third-order valence-electron chi connectivity index (χ3n) is 4.28. The van der Waals surface area contributed by atoms with E-state index in [1.165, 1.54) is 11.3 Å². The number of rotatable bonds is 4. The predicted octanol–water partition coefficient (Wildman–Crippen LogP) is 6.26. The number of fused-ring (bicyclic) bond motifs is 1. The molecule has 0 aliphatic rings. The molecule has 0 atom stereocenters. The molecular weight excluding hydrogens is 464 g/mol. The van der Waals surface area contributed by atoms with Gasteiger partial charge >= 0.3 is 6.03 Å². The van der Waals surface area contributed by atoms with Gasteiger partial charge in [0.2, 0.25) is 0 Å². The lowest BCUT2D eigenvalue weighted by molar-refractivity contribution is 0.102. The third kappa shape index (κ3) is 4.67. The van der Waals surface area contributed by atoms with E-state index in [2.05, 4.69) is 36.9 Å². The third-order valence-corrected chi connectivity index (χ3v) is 5.69. The second kappa shape index (κ2) is 8.64. The number of hydrogen-bond donors (Lipinski definition) is 3. The maximum Gasteiger partial charge on any atom is 0.323 e. The number of carbonyl (C=O) groups excluding carboxylic acids is 2. The molecule has 6 nitrogen and oxygen atoms in total. The van der Waals surface area contributed by atoms with E-state index in [0.717, 1.165) is 20.3 Å². The minimum absolute atomic E-state index is 0.209. The van der Waals surface area contributed by atoms with Crippen molar-refractivity contribution in [3.8, 4) is 0 Å². The van der Waals surface area contributed by atoms with Gasteiger partial charge < -0.3 is 10.6 Å². The summed E-state index contributed by atoms with van der Waals surface area (Å²) in [5, 5.41) is 8.99. The van der Waals surface area contributed by atoms with E-state index in [1.807, 2.05) is 61.5 Å². The zero-order valence-corrected chi connectivity index (χ0v) is 18.3. The van der Waals surface area contributed by atoms with Gasteiger partial charge in [-0.1, -0.05) is 51.5 Å². The van der Waals surface area contributed by atoms with E-state index in [9.17, 15) is 9.59 Å². The number of anilines is 3. The molecule has 1 aromatic heterocycles. The number of thiazole rings is 1. The smallest absolute Gasteiger partial charge is 0.308 e. The van der Waals surface area contributed by atoms with E-state index in [4.69, 9.17) is 0 Å². The highest BCUT2D eigenvalue weighted by molar-refractivity contribution is 9.10. The van der Waals surface area contributed by atoms with E-state index in [1.54, 1.807) is 12.1 Å². The van der Waals surface area contributed by atoms with Crippen molar-refractivity contribution in [2.45, 2.75) is 6.92 Å². The van der Waals surface area contributed by atoms with E-state index >= 15 is 0 Å². The summed E-state index contributed by atoms with van der Waals surface area (Å²) in [5.41, 5.74) is 3.60. The fraction of sp³-hybridized carbons (Fsp3) is 0.0455. The van der Waals surface area contributed by atoms with Crippen LogP contribution in [0.15, 0.2) is 71.2 Å². The number of nitrogens with one attached hydrogen (secondary N) is 3. The van der Waals surface area contributed by atoms with E-state index in [-0.39, 0.29) is 11.9 Å². The van der Waals surface area contributed by atoms with Gasteiger partial charge in [-0.2, -0.15) is 0 Å². The number of carbonyl (C=O) groups is 2.